The largest absolute Gasteiger partial charge is 0.383 e. The molecule has 2 saturated heterocycles. The average molecular weight is 522 g/mol. The molecular weight excluding hydrogens is 489 g/mol. The Morgan fingerprint density at radius 1 is 1.08 bits per heavy atom. The van der Waals surface area contributed by atoms with Crippen LogP contribution in [0.4, 0.5) is 4.39 Å². The molecule has 8 nitrogen and oxygen atoms in total. The van der Waals surface area contributed by atoms with Crippen molar-refractivity contribution in [1.82, 2.24) is 24.6 Å². The third-order valence-electron chi connectivity index (χ3n) is 7.69. The number of halogens is 1. The van der Waals surface area contributed by atoms with Crippen molar-refractivity contribution in [3.05, 3.63) is 74.9 Å². The van der Waals surface area contributed by atoms with Crippen molar-refractivity contribution in [2.75, 3.05) is 59.5 Å². The van der Waals surface area contributed by atoms with Gasteiger partial charge in [-0.2, -0.15) is 0 Å². The molecule has 3 N–H and O–H groups in total. The number of hydrogen-bond acceptors (Lipinski definition) is 8. The minimum absolute atomic E-state index is 0.00953. The topological polar surface area (TPSA) is 84.2 Å². The minimum Gasteiger partial charge on any atom is -0.383 e. The standard InChI is InChI=1S/C27H32FN7OS/c1-32-17-30-25(29)24(18-3-6-20(28)7-4-18)26(32)35-13-11-34(12-14-35)22(16-33-9-2-10-33)19-5-8-21-23(15-19)37-27(36)31-21/h3-8,15,22H,2,9-14,16-17H2,1H3,(H2,29,30)(H,31,36). The van der Waals surface area contributed by atoms with Crippen molar-refractivity contribution in [2.45, 2.75) is 12.5 Å². The molecule has 1 aromatic heterocycles. The van der Waals surface area contributed by atoms with E-state index < -0.39 is 0 Å². The Morgan fingerprint density at radius 2 is 1.84 bits per heavy atom. The SMILES string of the molecule is CN1CN=C(N)C(c2ccc(F)cc2)=C1N1CCN(C(CN2CCC2)c2ccc3[nH]c(=O)sc3c2)CC1. The van der Waals surface area contributed by atoms with Gasteiger partial charge >= 0.3 is 4.87 Å². The molecule has 1 atom stereocenters. The summed E-state index contributed by atoms with van der Waals surface area (Å²) < 4.78 is 14.6. The molecule has 0 amide bonds. The van der Waals surface area contributed by atoms with E-state index in [9.17, 15) is 9.18 Å². The minimum atomic E-state index is -0.266. The van der Waals surface area contributed by atoms with Gasteiger partial charge in [0.2, 0.25) is 0 Å². The van der Waals surface area contributed by atoms with Crippen molar-refractivity contribution in [1.29, 1.82) is 0 Å². The summed E-state index contributed by atoms with van der Waals surface area (Å²) >= 11 is 1.28. The van der Waals surface area contributed by atoms with Crippen LogP contribution < -0.4 is 10.6 Å². The second-order valence-electron chi connectivity index (χ2n) is 10.1. The fraction of sp³-hybridized carbons (Fsp3) is 0.407. The number of nitrogens with one attached hydrogen (secondary N) is 1. The molecule has 0 bridgehead atoms. The van der Waals surface area contributed by atoms with E-state index in [0.717, 1.165) is 73.0 Å². The molecule has 37 heavy (non-hydrogen) atoms. The van der Waals surface area contributed by atoms with Crippen LogP contribution in [0.1, 0.15) is 23.6 Å². The number of aromatic amines is 1. The lowest BCUT2D eigenvalue weighted by atomic mass is 10.0. The highest BCUT2D eigenvalue weighted by atomic mass is 32.1. The second kappa shape index (κ2) is 9.92. The van der Waals surface area contributed by atoms with Gasteiger partial charge in [0.1, 0.15) is 24.1 Å². The Balaban J connectivity index is 1.26. The maximum Gasteiger partial charge on any atom is 0.305 e. The first-order valence-corrected chi connectivity index (χ1v) is 13.6. The molecule has 3 aliphatic heterocycles. The van der Waals surface area contributed by atoms with Gasteiger partial charge in [0.25, 0.3) is 0 Å². The number of aliphatic imine (C=N–C) groups is 1. The predicted molar refractivity (Wildman–Crippen MR) is 147 cm³/mol. The van der Waals surface area contributed by atoms with Gasteiger partial charge in [-0.25, -0.2) is 9.38 Å². The van der Waals surface area contributed by atoms with Crippen molar-refractivity contribution >= 4 is 33.0 Å². The van der Waals surface area contributed by atoms with Crippen molar-refractivity contribution in [3.63, 3.8) is 0 Å². The highest BCUT2D eigenvalue weighted by Crippen LogP contribution is 2.32. The Bertz CT molecular complexity index is 1400. The number of benzene rings is 2. The Morgan fingerprint density at radius 3 is 2.54 bits per heavy atom. The zero-order chi connectivity index (χ0) is 25.5. The van der Waals surface area contributed by atoms with Crippen LogP contribution in [0.15, 0.2) is 58.1 Å². The number of rotatable bonds is 6. The maximum atomic E-state index is 13.6. The van der Waals surface area contributed by atoms with Crippen molar-refractivity contribution < 1.29 is 4.39 Å². The molecule has 0 saturated carbocycles. The molecular formula is C27H32FN7OS. The number of hydrogen-bond donors (Lipinski definition) is 2. The third-order valence-corrected chi connectivity index (χ3v) is 8.54. The van der Waals surface area contributed by atoms with Crippen LogP contribution in [0, 0.1) is 5.82 Å². The maximum absolute atomic E-state index is 13.6. The number of thiazole rings is 1. The van der Waals surface area contributed by atoms with E-state index in [4.69, 9.17) is 5.73 Å². The number of piperazine rings is 1. The lowest BCUT2D eigenvalue weighted by Gasteiger charge is -2.46. The van der Waals surface area contributed by atoms with Crippen LogP contribution in [0.3, 0.4) is 0 Å². The number of nitrogens with two attached hydrogens (primary N) is 1. The molecule has 3 aliphatic rings. The molecule has 194 valence electrons. The average Bonchev–Trinajstić information content (AvgIpc) is 3.25. The predicted octanol–water partition coefficient (Wildman–Crippen LogP) is 2.72. The molecule has 0 spiro atoms. The van der Waals surface area contributed by atoms with Gasteiger partial charge in [-0.1, -0.05) is 29.5 Å². The molecule has 2 fully saturated rings. The summed E-state index contributed by atoms with van der Waals surface area (Å²) in [6.07, 6.45) is 1.26. The van der Waals surface area contributed by atoms with Gasteiger partial charge in [-0.15, -0.1) is 0 Å². The van der Waals surface area contributed by atoms with Gasteiger partial charge < -0.3 is 25.4 Å². The van der Waals surface area contributed by atoms with Gasteiger partial charge in [0, 0.05) is 45.8 Å². The number of nitrogens with zero attached hydrogens (tertiary/aromatic N) is 5. The van der Waals surface area contributed by atoms with E-state index in [1.165, 1.54) is 35.5 Å². The van der Waals surface area contributed by atoms with Crippen LogP contribution in [-0.2, 0) is 0 Å². The molecule has 10 heteroatoms. The lowest BCUT2D eigenvalue weighted by Crippen LogP contribution is -2.53. The van der Waals surface area contributed by atoms with Gasteiger partial charge in [0.15, 0.2) is 0 Å². The van der Waals surface area contributed by atoms with Crippen molar-refractivity contribution in [2.24, 2.45) is 10.7 Å². The van der Waals surface area contributed by atoms with Crippen LogP contribution in [0.25, 0.3) is 15.8 Å². The molecule has 4 heterocycles. The zero-order valence-electron chi connectivity index (χ0n) is 21.0. The normalized spacial score (nSPS) is 20.3. The van der Waals surface area contributed by atoms with E-state index in [0.29, 0.717) is 12.5 Å². The van der Waals surface area contributed by atoms with E-state index >= 15 is 0 Å². The Labute approximate surface area is 219 Å². The Hall–Kier alpha value is -3.21. The number of H-pyrrole nitrogens is 1. The summed E-state index contributed by atoms with van der Waals surface area (Å²) in [5, 5.41) is 0. The van der Waals surface area contributed by atoms with E-state index in [1.807, 2.05) is 13.1 Å². The summed E-state index contributed by atoms with van der Waals surface area (Å²) in [6.45, 7) is 7.32. The summed E-state index contributed by atoms with van der Waals surface area (Å²) in [6, 6.07) is 13.2. The molecule has 3 aromatic rings. The molecule has 0 aliphatic carbocycles. The summed E-state index contributed by atoms with van der Waals surface area (Å²) in [4.78, 5) is 28.9. The van der Waals surface area contributed by atoms with Crippen molar-refractivity contribution in [3.8, 4) is 0 Å². The summed E-state index contributed by atoms with van der Waals surface area (Å²) in [7, 11) is 2.03. The van der Waals surface area contributed by atoms with Crippen LogP contribution in [0.2, 0.25) is 0 Å². The first-order valence-electron chi connectivity index (χ1n) is 12.8. The number of aromatic nitrogens is 1. The van der Waals surface area contributed by atoms with Gasteiger partial charge in [-0.05, 0) is 54.9 Å². The third kappa shape index (κ3) is 4.76. The quantitative estimate of drug-likeness (QED) is 0.519. The smallest absolute Gasteiger partial charge is 0.305 e. The number of amidine groups is 1. The van der Waals surface area contributed by atoms with E-state index in [-0.39, 0.29) is 16.7 Å². The Kier molecular flexibility index (Phi) is 6.48. The van der Waals surface area contributed by atoms with Crippen LogP contribution in [-0.4, -0.2) is 89.9 Å². The summed E-state index contributed by atoms with van der Waals surface area (Å²) in [5.74, 6) is 1.28. The van der Waals surface area contributed by atoms with E-state index in [1.54, 1.807) is 12.1 Å². The fourth-order valence-corrected chi connectivity index (χ4v) is 6.37. The molecule has 2 aromatic carbocycles. The first-order chi connectivity index (χ1) is 18.0. The lowest BCUT2D eigenvalue weighted by molar-refractivity contribution is 0.0603. The molecule has 0 radical (unpaired) electrons. The highest BCUT2D eigenvalue weighted by Gasteiger charge is 2.32. The fourth-order valence-electron chi connectivity index (χ4n) is 5.58. The monoisotopic (exact) mass is 521 g/mol. The van der Waals surface area contributed by atoms with Gasteiger partial charge in [0.05, 0.1) is 15.8 Å². The number of likely N-dealkylation sites (tertiary alicyclic amines) is 1. The van der Waals surface area contributed by atoms with Crippen LogP contribution >= 0.6 is 11.3 Å². The highest BCUT2D eigenvalue weighted by molar-refractivity contribution is 7.16. The number of fused-ring (bicyclic) bond motifs is 1. The second-order valence-corrected chi connectivity index (χ2v) is 11.1. The first kappa shape index (κ1) is 24.1. The van der Waals surface area contributed by atoms with Gasteiger partial charge in [-0.3, -0.25) is 9.69 Å². The van der Waals surface area contributed by atoms with Crippen LogP contribution in [0.5, 0.6) is 0 Å². The van der Waals surface area contributed by atoms with E-state index in [2.05, 4.69) is 41.7 Å². The zero-order valence-corrected chi connectivity index (χ0v) is 21.8. The summed E-state index contributed by atoms with van der Waals surface area (Å²) in [5.41, 5.74) is 10.3. The molecule has 1 unspecified atom stereocenters. The molecule has 6 rings (SSSR count).